The van der Waals surface area contributed by atoms with Crippen LogP contribution in [0.5, 0.6) is 0 Å². The number of esters is 2. The summed E-state index contributed by atoms with van der Waals surface area (Å²) in [5.74, 6) is 11.4. The monoisotopic (exact) mass is 428 g/mol. The van der Waals surface area contributed by atoms with E-state index in [4.69, 9.17) is 9.47 Å². The van der Waals surface area contributed by atoms with E-state index in [1.54, 1.807) is 0 Å². The smallest absolute Gasteiger partial charge is 0.307 e. The van der Waals surface area contributed by atoms with Crippen molar-refractivity contribution in [1.29, 1.82) is 0 Å². The zero-order chi connectivity index (χ0) is 23.8. The van der Waals surface area contributed by atoms with Gasteiger partial charge in [-0.2, -0.15) is 0 Å². The van der Waals surface area contributed by atoms with Gasteiger partial charge in [-0.3, -0.25) is 9.59 Å². The Kier molecular flexibility index (Phi) is 15.0. The molecular formula is C27H40O4. The van der Waals surface area contributed by atoms with E-state index in [1.807, 2.05) is 27.7 Å². The van der Waals surface area contributed by atoms with E-state index in [9.17, 15) is 9.59 Å². The largest absolute Gasteiger partial charge is 0.449 e. The van der Waals surface area contributed by atoms with Gasteiger partial charge in [0.2, 0.25) is 0 Å². The third-order valence-corrected chi connectivity index (χ3v) is 4.66. The molecule has 0 aromatic rings. The molecule has 0 radical (unpaired) electrons. The van der Waals surface area contributed by atoms with E-state index in [2.05, 4.69) is 50.7 Å². The third-order valence-electron chi connectivity index (χ3n) is 4.66. The Hall–Kier alpha value is -2.46. The number of carbonyl (C=O) groups excluding carboxylic acids is 2. The minimum atomic E-state index is -0.465. The topological polar surface area (TPSA) is 52.6 Å². The first-order valence-electron chi connectivity index (χ1n) is 11.3. The summed E-state index contributed by atoms with van der Waals surface area (Å²) in [6.07, 6.45) is 3.53. The highest BCUT2D eigenvalue weighted by molar-refractivity contribution is 5.73. The molecule has 0 heterocycles. The molecule has 0 aliphatic rings. The van der Waals surface area contributed by atoms with Crippen LogP contribution in [-0.4, -0.2) is 24.1 Å². The molecule has 31 heavy (non-hydrogen) atoms. The quantitative estimate of drug-likeness (QED) is 0.282. The highest BCUT2D eigenvalue weighted by atomic mass is 16.5. The zero-order valence-electron chi connectivity index (χ0n) is 20.3. The van der Waals surface area contributed by atoms with Crippen molar-refractivity contribution in [1.82, 2.24) is 0 Å². The summed E-state index contributed by atoms with van der Waals surface area (Å²) < 4.78 is 11.2. The summed E-state index contributed by atoms with van der Waals surface area (Å²) in [6.45, 7) is 19.4. The highest BCUT2D eigenvalue weighted by Crippen LogP contribution is 2.17. The van der Waals surface area contributed by atoms with Gasteiger partial charge in [0.05, 0.1) is 0 Å². The van der Waals surface area contributed by atoms with Crippen molar-refractivity contribution >= 4 is 11.9 Å². The Labute approximate surface area is 189 Å². The molecule has 0 saturated carbocycles. The summed E-state index contributed by atoms with van der Waals surface area (Å²) in [5.41, 5.74) is 1.46. The molecule has 0 fully saturated rings. The van der Waals surface area contributed by atoms with Gasteiger partial charge in [-0.05, 0) is 44.3 Å². The van der Waals surface area contributed by atoms with E-state index >= 15 is 0 Å². The molecule has 0 aliphatic carbocycles. The number of allylic oxidation sites excluding steroid dienone is 2. The summed E-state index contributed by atoms with van der Waals surface area (Å²) in [7, 11) is 0. The third kappa shape index (κ3) is 14.2. The molecule has 0 aliphatic heterocycles. The van der Waals surface area contributed by atoms with Gasteiger partial charge < -0.3 is 9.47 Å². The van der Waals surface area contributed by atoms with Gasteiger partial charge in [-0.1, -0.05) is 77.4 Å². The van der Waals surface area contributed by atoms with Crippen LogP contribution in [0, 0.1) is 35.5 Å². The molecule has 0 aromatic carbocycles. The molecule has 0 N–H and O–H groups in total. The molecule has 0 rings (SSSR count). The van der Waals surface area contributed by atoms with Crippen LogP contribution in [0.15, 0.2) is 24.3 Å². The fraction of sp³-hybridized carbons (Fsp3) is 0.630. The van der Waals surface area contributed by atoms with Crippen LogP contribution in [0.25, 0.3) is 0 Å². The van der Waals surface area contributed by atoms with Crippen LogP contribution in [0.2, 0.25) is 0 Å². The van der Waals surface area contributed by atoms with Crippen molar-refractivity contribution in [3.63, 3.8) is 0 Å². The Bertz CT molecular complexity index is 664. The van der Waals surface area contributed by atoms with Crippen LogP contribution in [0.4, 0.5) is 0 Å². The standard InChI is InChI=1S/C27H40O4/c1-9-12-22(7)24(18-16-20(3)4)30-26(28)14-11-15-27(29)31-25(19-17-21(5)6)23(8)13-10-2/h22-25H,3,5,9-15H2,1-2,4,6-8H3. The van der Waals surface area contributed by atoms with E-state index in [1.165, 1.54) is 0 Å². The molecule has 0 saturated heterocycles. The SMILES string of the molecule is C=C(C)C#CC(OC(=O)CCCC(=O)OC(C#CC(=C)C)C(C)CCC)C(C)CCC. The molecular weight excluding hydrogens is 388 g/mol. The summed E-state index contributed by atoms with van der Waals surface area (Å²) in [5, 5.41) is 0. The first kappa shape index (κ1) is 28.5. The second-order valence-corrected chi connectivity index (χ2v) is 8.31. The maximum Gasteiger partial charge on any atom is 0.307 e. The van der Waals surface area contributed by atoms with Crippen molar-refractivity contribution in [3.8, 4) is 23.7 Å². The lowest BCUT2D eigenvalue weighted by atomic mass is 9.99. The molecule has 0 amide bonds. The van der Waals surface area contributed by atoms with Crippen LogP contribution < -0.4 is 0 Å². The van der Waals surface area contributed by atoms with Crippen LogP contribution in [0.3, 0.4) is 0 Å². The lowest BCUT2D eigenvalue weighted by Gasteiger charge is -2.20. The number of rotatable bonds is 12. The van der Waals surface area contributed by atoms with Gasteiger partial charge in [-0.25, -0.2) is 0 Å². The van der Waals surface area contributed by atoms with Gasteiger partial charge in [0.15, 0.2) is 12.2 Å². The highest BCUT2D eigenvalue weighted by Gasteiger charge is 2.21. The average Bonchev–Trinajstić information content (AvgIpc) is 2.68. The van der Waals surface area contributed by atoms with E-state index in [0.717, 1.165) is 36.8 Å². The van der Waals surface area contributed by atoms with Crippen molar-refractivity contribution in [2.45, 2.75) is 98.7 Å². The van der Waals surface area contributed by atoms with E-state index in [-0.39, 0.29) is 36.6 Å². The minimum absolute atomic E-state index is 0.137. The Balaban J connectivity index is 4.75. The normalized spacial score (nSPS) is 13.9. The predicted molar refractivity (Wildman–Crippen MR) is 127 cm³/mol. The van der Waals surface area contributed by atoms with Crippen LogP contribution >= 0.6 is 0 Å². The summed E-state index contributed by atoms with van der Waals surface area (Å²) in [4.78, 5) is 24.6. The fourth-order valence-corrected chi connectivity index (χ4v) is 2.96. The second kappa shape index (κ2) is 16.3. The van der Waals surface area contributed by atoms with Crippen LogP contribution in [-0.2, 0) is 19.1 Å². The Morgan fingerprint density at radius 1 is 0.774 bits per heavy atom. The van der Waals surface area contributed by atoms with E-state index < -0.39 is 12.2 Å². The van der Waals surface area contributed by atoms with Gasteiger partial charge in [0.1, 0.15) is 0 Å². The Morgan fingerprint density at radius 3 is 1.42 bits per heavy atom. The predicted octanol–water partition coefficient (Wildman–Crippen LogP) is 6.01. The van der Waals surface area contributed by atoms with Crippen molar-refractivity contribution in [2.24, 2.45) is 11.8 Å². The van der Waals surface area contributed by atoms with Gasteiger partial charge in [-0.15, -0.1) is 0 Å². The molecule has 0 aromatic heterocycles. The molecule has 4 atom stereocenters. The van der Waals surface area contributed by atoms with Crippen LogP contribution in [0.1, 0.15) is 86.5 Å². The van der Waals surface area contributed by atoms with Gasteiger partial charge in [0.25, 0.3) is 0 Å². The second-order valence-electron chi connectivity index (χ2n) is 8.31. The molecule has 4 nitrogen and oxygen atoms in total. The first-order chi connectivity index (χ1) is 14.6. The fourth-order valence-electron chi connectivity index (χ4n) is 2.96. The number of hydrogen-bond acceptors (Lipinski definition) is 4. The van der Waals surface area contributed by atoms with Crippen molar-refractivity contribution in [2.75, 3.05) is 0 Å². The molecule has 0 bridgehead atoms. The van der Waals surface area contributed by atoms with Crippen molar-refractivity contribution < 1.29 is 19.1 Å². The number of carbonyl (C=O) groups is 2. The molecule has 4 heteroatoms. The molecule has 172 valence electrons. The maximum atomic E-state index is 12.3. The number of ether oxygens (including phenoxy) is 2. The lowest BCUT2D eigenvalue weighted by molar-refractivity contribution is -0.150. The van der Waals surface area contributed by atoms with Crippen molar-refractivity contribution in [3.05, 3.63) is 24.3 Å². The molecule has 0 spiro atoms. The Morgan fingerprint density at radius 2 is 1.13 bits per heavy atom. The maximum absolute atomic E-state index is 12.3. The van der Waals surface area contributed by atoms with Gasteiger partial charge >= 0.3 is 11.9 Å². The minimum Gasteiger partial charge on any atom is -0.449 e. The van der Waals surface area contributed by atoms with E-state index in [0.29, 0.717) is 6.42 Å². The molecule has 4 unspecified atom stereocenters. The summed E-state index contributed by atoms with van der Waals surface area (Å²) >= 11 is 0. The lowest BCUT2D eigenvalue weighted by Crippen LogP contribution is -2.25. The summed E-state index contributed by atoms with van der Waals surface area (Å²) in [6, 6.07) is 0. The number of hydrogen-bond donors (Lipinski definition) is 0. The average molecular weight is 429 g/mol. The van der Waals surface area contributed by atoms with Gasteiger partial charge in [0, 0.05) is 24.7 Å². The first-order valence-corrected chi connectivity index (χ1v) is 11.3. The zero-order valence-corrected chi connectivity index (χ0v) is 20.3.